The third-order valence-electron chi connectivity index (χ3n) is 2.99. The van der Waals surface area contributed by atoms with Crippen LogP contribution in [0.4, 0.5) is 0 Å². The van der Waals surface area contributed by atoms with E-state index in [4.69, 9.17) is 5.26 Å². The van der Waals surface area contributed by atoms with Crippen LogP contribution in [0.5, 0.6) is 0 Å². The number of rotatable bonds is 2. The quantitative estimate of drug-likeness (QED) is 0.694. The van der Waals surface area contributed by atoms with Crippen LogP contribution in [0.15, 0.2) is 67.0 Å². The lowest BCUT2D eigenvalue weighted by Gasteiger charge is -2.06. The summed E-state index contributed by atoms with van der Waals surface area (Å²) in [4.78, 5) is 0. The van der Waals surface area contributed by atoms with Crippen molar-refractivity contribution in [3.05, 3.63) is 72.6 Å². The monoisotopic (exact) mass is 245 g/mol. The average molecular weight is 245 g/mol. The molecule has 3 aromatic rings. The van der Waals surface area contributed by atoms with Crippen molar-refractivity contribution in [1.29, 1.82) is 5.26 Å². The van der Waals surface area contributed by atoms with Crippen LogP contribution in [-0.2, 0) is 0 Å². The van der Waals surface area contributed by atoms with Gasteiger partial charge in [0, 0.05) is 12.4 Å². The first kappa shape index (κ1) is 11.2. The zero-order valence-electron chi connectivity index (χ0n) is 10.2. The molecule has 90 valence electrons. The molecule has 0 amide bonds. The normalized spacial score (nSPS) is 10.1. The van der Waals surface area contributed by atoms with Crippen LogP contribution < -0.4 is 0 Å². The van der Waals surface area contributed by atoms with Crippen molar-refractivity contribution in [2.75, 3.05) is 0 Å². The lowest BCUT2D eigenvalue weighted by molar-refractivity contribution is 0.881. The predicted octanol–water partition coefficient (Wildman–Crippen LogP) is 3.41. The zero-order chi connectivity index (χ0) is 13.1. The maximum absolute atomic E-state index is 9.12. The molecule has 1 heterocycles. The SMILES string of the molecule is N#Cc1ccccc1-c1ccc(-n2cccn2)cc1. The van der Waals surface area contributed by atoms with Crippen molar-refractivity contribution in [1.82, 2.24) is 9.78 Å². The van der Waals surface area contributed by atoms with Crippen molar-refractivity contribution in [2.24, 2.45) is 0 Å². The molecule has 0 radical (unpaired) electrons. The van der Waals surface area contributed by atoms with Gasteiger partial charge in [-0.15, -0.1) is 0 Å². The first-order valence-electron chi connectivity index (χ1n) is 5.98. The molecule has 0 unspecified atom stereocenters. The van der Waals surface area contributed by atoms with Gasteiger partial charge < -0.3 is 0 Å². The van der Waals surface area contributed by atoms with Gasteiger partial charge in [-0.1, -0.05) is 30.3 Å². The van der Waals surface area contributed by atoms with Crippen LogP contribution in [0.1, 0.15) is 5.56 Å². The minimum atomic E-state index is 0.689. The predicted molar refractivity (Wildman–Crippen MR) is 73.7 cm³/mol. The van der Waals surface area contributed by atoms with E-state index in [1.165, 1.54) is 0 Å². The van der Waals surface area contributed by atoms with E-state index in [-0.39, 0.29) is 0 Å². The van der Waals surface area contributed by atoms with Crippen LogP contribution in [-0.4, -0.2) is 9.78 Å². The molecule has 0 saturated heterocycles. The Bertz CT molecular complexity index is 719. The minimum Gasteiger partial charge on any atom is -0.241 e. The van der Waals surface area contributed by atoms with E-state index >= 15 is 0 Å². The summed E-state index contributed by atoms with van der Waals surface area (Å²) in [5.74, 6) is 0. The fourth-order valence-electron chi connectivity index (χ4n) is 2.05. The van der Waals surface area contributed by atoms with Crippen LogP contribution in [0.25, 0.3) is 16.8 Å². The van der Waals surface area contributed by atoms with Crippen LogP contribution in [0, 0.1) is 11.3 Å². The van der Waals surface area contributed by atoms with Crippen molar-refractivity contribution in [2.45, 2.75) is 0 Å². The third-order valence-corrected chi connectivity index (χ3v) is 2.99. The first-order chi connectivity index (χ1) is 9.38. The van der Waals surface area contributed by atoms with Gasteiger partial charge in [0.15, 0.2) is 0 Å². The molecule has 0 spiro atoms. The lowest BCUT2D eigenvalue weighted by Crippen LogP contribution is -1.93. The molecule has 19 heavy (non-hydrogen) atoms. The van der Waals surface area contributed by atoms with Gasteiger partial charge in [0.05, 0.1) is 17.3 Å². The summed E-state index contributed by atoms with van der Waals surface area (Å²) >= 11 is 0. The smallest absolute Gasteiger partial charge is 0.0998 e. The maximum atomic E-state index is 9.12. The van der Waals surface area contributed by atoms with E-state index in [0.29, 0.717) is 5.56 Å². The molecule has 2 aromatic carbocycles. The largest absolute Gasteiger partial charge is 0.241 e. The molecule has 0 saturated carbocycles. The lowest BCUT2D eigenvalue weighted by atomic mass is 10.0. The molecule has 0 fully saturated rings. The Hall–Kier alpha value is -2.86. The van der Waals surface area contributed by atoms with E-state index in [1.807, 2.05) is 60.8 Å². The van der Waals surface area contributed by atoms with Gasteiger partial charge >= 0.3 is 0 Å². The fraction of sp³-hybridized carbons (Fsp3) is 0. The Morgan fingerprint density at radius 2 is 1.74 bits per heavy atom. The highest BCUT2D eigenvalue weighted by molar-refractivity contribution is 5.71. The molecular weight excluding hydrogens is 234 g/mol. The molecule has 0 N–H and O–H groups in total. The van der Waals surface area contributed by atoms with Gasteiger partial charge in [0.25, 0.3) is 0 Å². The number of nitriles is 1. The summed E-state index contributed by atoms with van der Waals surface area (Å²) in [6.45, 7) is 0. The summed E-state index contributed by atoms with van der Waals surface area (Å²) in [6, 6.07) is 19.7. The standard InChI is InChI=1S/C16H11N3/c17-12-14-4-1-2-5-16(14)13-6-8-15(9-7-13)19-11-3-10-18-19/h1-11H. The number of hydrogen-bond acceptors (Lipinski definition) is 2. The molecule has 3 nitrogen and oxygen atoms in total. The first-order valence-corrected chi connectivity index (χ1v) is 5.98. The maximum Gasteiger partial charge on any atom is 0.0998 e. The molecule has 0 aliphatic rings. The Morgan fingerprint density at radius 1 is 0.947 bits per heavy atom. The molecule has 0 aliphatic carbocycles. The van der Waals surface area contributed by atoms with Gasteiger partial charge in [-0.05, 0) is 35.4 Å². The van der Waals surface area contributed by atoms with E-state index in [0.717, 1.165) is 16.8 Å². The topological polar surface area (TPSA) is 41.6 Å². The summed E-state index contributed by atoms with van der Waals surface area (Å²) in [5.41, 5.74) is 3.68. The molecule has 3 heteroatoms. The molecule has 0 aliphatic heterocycles. The van der Waals surface area contributed by atoms with Crippen LogP contribution >= 0.6 is 0 Å². The summed E-state index contributed by atoms with van der Waals surface area (Å²) in [6.07, 6.45) is 3.65. The van der Waals surface area contributed by atoms with Crippen molar-refractivity contribution >= 4 is 0 Å². The molecule has 1 aromatic heterocycles. The Kier molecular flexibility index (Phi) is 2.83. The molecule has 0 atom stereocenters. The highest BCUT2D eigenvalue weighted by Crippen LogP contribution is 2.24. The van der Waals surface area contributed by atoms with E-state index in [9.17, 15) is 0 Å². The van der Waals surface area contributed by atoms with Crippen LogP contribution in [0.3, 0.4) is 0 Å². The van der Waals surface area contributed by atoms with E-state index in [1.54, 1.807) is 10.9 Å². The number of hydrogen-bond donors (Lipinski definition) is 0. The molecule has 0 bridgehead atoms. The van der Waals surface area contributed by atoms with Crippen molar-refractivity contribution < 1.29 is 0 Å². The second-order valence-corrected chi connectivity index (χ2v) is 4.15. The highest BCUT2D eigenvalue weighted by Gasteiger charge is 2.04. The van der Waals surface area contributed by atoms with Gasteiger partial charge in [-0.3, -0.25) is 0 Å². The Labute approximate surface area is 111 Å². The molecular formula is C16H11N3. The second kappa shape index (κ2) is 4.79. The molecule has 3 rings (SSSR count). The zero-order valence-corrected chi connectivity index (χ0v) is 10.2. The summed E-state index contributed by atoms with van der Waals surface area (Å²) in [7, 11) is 0. The van der Waals surface area contributed by atoms with Crippen molar-refractivity contribution in [3.63, 3.8) is 0 Å². The number of aromatic nitrogens is 2. The minimum absolute atomic E-state index is 0.689. The van der Waals surface area contributed by atoms with Gasteiger partial charge in [0.2, 0.25) is 0 Å². The van der Waals surface area contributed by atoms with E-state index < -0.39 is 0 Å². The van der Waals surface area contributed by atoms with Gasteiger partial charge in [0.1, 0.15) is 0 Å². The number of benzene rings is 2. The van der Waals surface area contributed by atoms with Crippen molar-refractivity contribution in [3.8, 4) is 22.9 Å². The number of nitrogens with zero attached hydrogens (tertiary/aromatic N) is 3. The van der Waals surface area contributed by atoms with Crippen LogP contribution in [0.2, 0.25) is 0 Å². The Balaban J connectivity index is 2.02. The fourth-order valence-corrected chi connectivity index (χ4v) is 2.05. The van der Waals surface area contributed by atoms with Gasteiger partial charge in [-0.2, -0.15) is 10.4 Å². The Morgan fingerprint density at radius 3 is 2.42 bits per heavy atom. The summed E-state index contributed by atoms with van der Waals surface area (Å²) in [5, 5.41) is 13.3. The summed E-state index contributed by atoms with van der Waals surface area (Å²) < 4.78 is 1.81. The highest BCUT2D eigenvalue weighted by atomic mass is 15.3. The second-order valence-electron chi connectivity index (χ2n) is 4.15. The van der Waals surface area contributed by atoms with Gasteiger partial charge in [-0.25, -0.2) is 4.68 Å². The third kappa shape index (κ3) is 2.12. The average Bonchev–Trinajstić information content (AvgIpc) is 3.02. The van der Waals surface area contributed by atoms with E-state index in [2.05, 4.69) is 11.2 Å².